The summed E-state index contributed by atoms with van der Waals surface area (Å²) in [5, 5.41) is 3.76. The summed E-state index contributed by atoms with van der Waals surface area (Å²) >= 11 is 0. The Morgan fingerprint density at radius 3 is 2.47 bits per heavy atom. The van der Waals surface area contributed by atoms with Gasteiger partial charge in [-0.05, 0) is 25.5 Å². The van der Waals surface area contributed by atoms with E-state index in [1.54, 1.807) is 0 Å². The highest BCUT2D eigenvalue weighted by molar-refractivity contribution is 5.91. The molecule has 0 spiro atoms. The van der Waals surface area contributed by atoms with Gasteiger partial charge in [0.2, 0.25) is 0 Å². The maximum absolute atomic E-state index is 13.2. The van der Waals surface area contributed by atoms with E-state index in [2.05, 4.69) is 10.3 Å². The first-order chi connectivity index (χ1) is 8.15. The van der Waals surface area contributed by atoms with E-state index < -0.39 is 11.6 Å². The smallest absolute Gasteiger partial charge is 0.161 e. The molecule has 0 aliphatic carbocycles. The fraction of sp³-hybridized carbons (Fsp3) is 0.308. The number of rotatable bonds is 3. The van der Waals surface area contributed by atoms with E-state index in [9.17, 15) is 8.78 Å². The minimum Gasteiger partial charge on any atom is -0.385 e. The Balaban J connectivity index is 2.71. The number of anilines is 1. The fourth-order valence-corrected chi connectivity index (χ4v) is 1.79. The van der Waals surface area contributed by atoms with Gasteiger partial charge in [0, 0.05) is 29.4 Å². The van der Waals surface area contributed by atoms with Gasteiger partial charge >= 0.3 is 0 Å². The van der Waals surface area contributed by atoms with Crippen LogP contribution in [0.1, 0.15) is 19.5 Å². The summed E-state index contributed by atoms with van der Waals surface area (Å²) in [4.78, 5) is 4.29. The molecule has 1 aromatic carbocycles. The number of fused-ring (bicyclic) bond motifs is 1. The number of halogens is 2. The van der Waals surface area contributed by atoms with Gasteiger partial charge in [-0.3, -0.25) is 4.98 Å². The van der Waals surface area contributed by atoms with E-state index >= 15 is 0 Å². The molecule has 17 heavy (non-hydrogen) atoms. The Bertz CT molecular complexity index is 553. The van der Waals surface area contributed by atoms with Crippen molar-refractivity contribution in [3.63, 3.8) is 0 Å². The molecule has 2 nitrogen and oxygen atoms in total. The fourth-order valence-electron chi connectivity index (χ4n) is 1.79. The van der Waals surface area contributed by atoms with Gasteiger partial charge in [-0.15, -0.1) is 0 Å². The van der Waals surface area contributed by atoms with Crippen LogP contribution < -0.4 is 5.32 Å². The van der Waals surface area contributed by atoms with Crippen LogP contribution in [0.15, 0.2) is 18.2 Å². The summed E-state index contributed by atoms with van der Waals surface area (Å²) in [6, 6.07) is 4.21. The van der Waals surface area contributed by atoms with Gasteiger partial charge in [0.15, 0.2) is 11.6 Å². The van der Waals surface area contributed by atoms with Crippen molar-refractivity contribution in [2.45, 2.75) is 20.3 Å². The van der Waals surface area contributed by atoms with Crippen LogP contribution >= 0.6 is 0 Å². The molecule has 0 unspecified atom stereocenters. The lowest BCUT2D eigenvalue weighted by Gasteiger charge is -2.10. The lowest BCUT2D eigenvalue weighted by molar-refractivity contribution is 0.510. The van der Waals surface area contributed by atoms with Gasteiger partial charge in [-0.1, -0.05) is 6.92 Å². The normalized spacial score (nSPS) is 10.8. The van der Waals surface area contributed by atoms with Crippen molar-refractivity contribution < 1.29 is 8.78 Å². The number of aromatic nitrogens is 1. The standard InChI is InChI=1S/C13H14F2N2/c1-3-8-5-12(16-4-2)9-6-10(14)11(15)7-13(9)17-8/h5-7H,3-4H2,1-2H3,(H,16,17). The molecule has 0 bridgehead atoms. The van der Waals surface area contributed by atoms with Gasteiger partial charge in [0.05, 0.1) is 5.52 Å². The first-order valence-corrected chi connectivity index (χ1v) is 5.68. The molecule has 0 amide bonds. The van der Waals surface area contributed by atoms with Crippen LogP contribution in [0, 0.1) is 11.6 Å². The highest BCUT2D eigenvalue weighted by Gasteiger charge is 2.09. The van der Waals surface area contributed by atoms with Gasteiger partial charge in [0.25, 0.3) is 0 Å². The molecule has 0 saturated carbocycles. The number of nitrogens with zero attached hydrogens (tertiary/aromatic N) is 1. The molecule has 0 radical (unpaired) electrons. The zero-order valence-electron chi connectivity index (χ0n) is 9.85. The van der Waals surface area contributed by atoms with Crippen molar-refractivity contribution in [1.29, 1.82) is 0 Å². The molecular formula is C13H14F2N2. The average Bonchev–Trinajstić information content (AvgIpc) is 2.31. The first kappa shape index (κ1) is 11.8. The van der Waals surface area contributed by atoms with Gasteiger partial charge in [-0.2, -0.15) is 0 Å². The highest BCUT2D eigenvalue weighted by atomic mass is 19.2. The summed E-state index contributed by atoms with van der Waals surface area (Å²) < 4.78 is 26.4. The Kier molecular flexibility index (Phi) is 3.22. The summed E-state index contributed by atoms with van der Waals surface area (Å²) in [6.45, 7) is 4.66. The zero-order valence-corrected chi connectivity index (χ0v) is 9.85. The minimum atomic E-state index is -0.860. The SMILES string of the molecule is CCNc1cc(CC)nc2cc(F)c(F)cc12. The summed E-state index contributed by atoms with van der Waals surface area (Å²) in [5.41, 5.74) is 2.15. The Morgan fingerprint density at radius 1 is 1.12 bits per heavy atom. The number of benzene rings is 1. The second-order valence-electron chi connectivity index (χ2n) is 3.83. The Hall–Kier alpha value is -1.71. The van der Waals surface area contributed by atoms with Crippen molar-refractivity contribution in [2.75, 3.05) is 11.9 Å². The molecule has 0 atom stereocenters. The lowest BCUT2D eigenvalue weighted by atomic mass is 10.1. The van der Waals surface area contributed by atoms with Crippen LogP contribution in [0.5, 0.6) is 0 Å². The molecule has 2 rings (SSSR count). The third kappa shape index (κ3) is 2.20. The van der Waals surface area contributed by atoms with Crippen LogP contribution in [-0.2, 0) is 6.42 Å². The van der Waals surface area contributed by atoms with Crippen molar-refractivity contribution in [1.82, 2.24) is 4.98 Å². The van der Waals surface area contributed by atoms with Crippen LogP contribution in [0.2, 0.25) is 0 Å². The molecule has 1 heterocycles. The topological polar surface area (TPSA) is 24.9 Å². The number of aryl methyl sites for hydroxylation is 1. The van der Waals surface area contributed by atoms with E-state index in [0.717, 1.165) is 30.4 Å². The van der Waals surface area contributed by atoms with Crippen LogP contribution in [0.25, 0.3) is 10.9 Å². The highest BCUT2D eigenvalue weighted by Crippen LogP contribution is 2.25. The molecule has 90 valence electrons. The molecular weight excluding hydrogens is 222 g/mol. The molecule has 0 aliphatic heterocycles. The third-order valence-corrected chi connectivity index (χ3v) is 2.63. The first-order valence-electron chi connectivity index (χ1n) is 5.68. The van der Waals surface area contributed by atoms with Crippen molar-refractivity contribution in [3.05, 3.63) is 35.5 Å². The van der Waals surface area contributed by atoms with E-state index in [1.165, 1.54) is 6.07 Å². The number of pyridine rings is 1. The van der Waals surface area contributed by atoms with E-state index in [-0.39, 0.29) is 0 Å². The molecule has 2 aromatic rings. The molecule has 0 saturated heterocycles. The summed E-state index contributed by atoms with van der Waals surface area (Å²) in [6.07, 6.45) is 0.757. The van der Waals surface area contributed by atoms with Crippen molar-refractivity contribution in [2.24, 2.45) is 0 Å². The van der Waals surface area contributed by atoms with Crippen molar-refractivity contribution in [3.8, 4) is 0 Å². The quantitative estimate of drug-likeness (QED) is 0.882. The van der Waals surface area contributed by atoms with Gasteiger partial charge < -0.3 is 5.32 Å². The molecule has 0 fully saturated rings. The maximum atomic E-state index is 13.2. The molecule has 0 aliphatic rings. The van der Waals surface area contributed by atoms with Crippen LogP contribution in [-0.4, -0.2) is 11.5 Å². The molecule has 1 aromatic heterocycles. The zero-order chi connectivity index (χ0) is 12.4. The van der Waals surface area contributed by atoms with E-state index in [4.69, 9.17) is 0 Å². The molecule has 1 N–H and O–H groups in total. The van der Waals surface area contributed by atoms with Gasteiger partial charge in [0.1, 0.15) is 0 Å². The minimum absolute atomic E-state index is 0.485. The number of hydrogen-bond acceptors (Lipinski definition) is 2. The number of hydrogen-bond donors (Lipinski definition) is 1. The number of nitrogens with one attached hydrogen (secondary N) is 1. The lowest BCUT2D eigenvalue weighted by Crippen LogP contribution is -2.01. The predicted molar refractivity (Wildman–Crippen MR) is 65.2 cm³/mol. The van der Waals surface area contributed by atoms with Crippen LogP contribution in [0.3, 0.4) is 0 Å². The second-order valence-corrected chi connectivity index (χ2v) is 3.83. The monoisotopic (exact) mass is 236 g/mol. The van der Waals surface area contributed by atoms with Gasteiger partial charge in [-0.25, -0.2) is 8.78 Å². The maximum Gasteiger partial charge on any atom is 0.161 e. The molecule has 4 heteroatoms. The average molecular weight is 236 g/mol. The largest absolute Gasteiger partial charge is 0.385 e. The Labute approximate surface area is 98.7 Å². The third-order valence-electron chi connectivity index (χ3n) is 2.63. The summed E-state index contributed by atoms with van der Waals surface area (Å²) in [5.74, 6) is -1.71. The van der Waals surface area contributed by atoms with Crippen molar-refractivity contribution >= 4 is 16.6 Å². The second kappa shape index (κ2) is 4.65. The predicted octanol–water partition coefficient (Wildman–Crippen LogP) is 3.51. The summed E-state index contributed by atoms with van der Waals surface area (Å²) in [7, 11) is 0. The van der Waals surface area contributed by atoms with Crippen LogP contribution in [0.4, 0.5) is 14.5 Å². The Morgan fingerprint density at radius 2 is 1.82 bits per heavy atom. The van der Waals surface area contributed by atoms with E-state index in [1.807, 2.05) is 19.9 Å². The van der Waals surface area contributed by atoms with E-state index in [0.29, 0.717) is 10.9 Å².